The number of para-hydroxylation sites is 1. The van der Waals surface area contributed by atoms with Gasteiger partial charge in [-0.05, 0) is 18.1 Å². The number of carbonyl (C=O) groups is 2. The summed E-state index contributed by atoms with van der Waals surface area (Å²) < 4.78 is 5.32. The molecule has 1 aromatic carbocycles. The summed E-state index contributed by atoms with van der Waals surface area (Å²) >= 11 is 1.27. The van der Waals surface area contributed by atoms with E-state index in [4.69, 9.17) is 4.74 Å². The number of nitrogens with one attached hydrogen (secondary N) is 2. The first kappa shape index (κ1) is 14.5. The molecule has 2 N–H and O–H groups in total. The van der Waals surface area contributed by atoms with Crippen LogP contribution in [0, 0.1) is 0 Å². The molecule has 1 aromatic heterocycles. The average Bonchev–Trinajstić information content (AvgIpc) is 3.09. The highest BCUT2D eigenvalue weighted by Crippen LogP contribution is 2.44. The lowest BCUT2D eigenvalue weighted by Crippen LogP contribution is -2.37. The summed E-state index contributed by atoms with van der Waals surface area (Å²) in [6.07, 6.45) is 2.37. The molecule has 2 amide bonds. The second-order valence-electron chi connectivity index (χ2n) is 4.96. The van der Waals surface area contributed by atoms with E-state index in [2.05, 4.69) is 15.6 Å². The molecule has 0 bridgehead atoms. The van der Waals surface area contributed by atoms with Gasteiger partial charge in [0.25, 0.3) is 0 Å². The molecule has 6 nitrogen and oxygen atoms in total. The summed E-state index contributed by atoms with van der Waals surface area (Å²) in [5.41, 5.74) is 1.05. The van der Waals surface area contributed by atoms with Gasteiger partial charge in [-0.25, -0.2) is 4.98 Å². The Balaban J connectivity index is 1.57. The van der Waals surface area contributed by atoms with Crippen molar-refractivity contribution >= 4 is 28.3 Å². The van der Waals surface area contributed by atoms with Crippen LogP contribution in [0.2, 0.25) is 0 Å². The van der Waals surface area contributed by atoms with Crippen molar-refractivity contribution in [2.45, 2.75) is 18.4 Å². The maximum absolute atomic E-state index is 11.9. The number of aromatic nitrogens is 1. The van der Waals surface area contributed by atoms with Crippen LogP contribution in [0.5, 0.6) is 5.75 Å². The van der Waals surface area contributed by atoms with Gasteiger partial charge in [0.2, 0.25) is 0 Å². The van der Waals surface area contributed by atoms with Gasteiger partial charge in [-0.1, -0.05) is 18.2 Å². The standard InChI is InChI=1S/C15H15N3O3S/c1-21-12-5-3-2-4-9(12)10-8-11(10)17-13(19)14(20)18-15-16-6-7-22-15/h2-7,10-11H,8H2,1H3,(H,17,19)(H,16,18,20)/t10-,11+/m0/s1. The number of ether oxygens (including phenoxy) is 1. The van der Waals surface area contributed by atoms with E-state index in [-0.39, 0.29) is 12.0 Å². The molecule has 2 atom stereocenters. The molecule has 114 valence electrons. The lowest BCUT2D eigenvalue weighted by Gasteiger charge is -2.08. The van der Waals surface area contributed by atoms with Crippen LogP contribution in [0.3, 0.4) is 0 Å². The largest absolute Gasteiger partial charge is 0.496 e. The molecule has 1 aliphatic rings. The molecule has 1 aliphatic carbocycles. The number of benzene rings is 1. The topological polar surface area (TPSA) is 80.3 Å². The average molecular weight is 317 g/mol. The SMILES string of the molecule is COc1ccccc1[C@@H]1C[C@H]1NC(=O)C(=O)Nc1nccs1. The molecular weight excluding hydrogens is 302 g/mol. The van der Waals surface area contributed by atoms with Gasteiger partial charge in [-0.15, -0.1) is 11.3 Å². The van der Waals surface area contributed by atoms with Gasteiger partial charge < -0.3 is 10.1 Å². The Morgan fingerprint density at radius 1 is 1.32 bits per heavy atom. The molecule has 2 aromatic rings. The van der Waals surface area contributed by atoms with Crippen molar-refractivity contribution in [2.24, 2.45) is 0 Å². The van der Waals surface area contributed by atoms with E-state index in [1.54, 1.807) is 18.7 Å². The number of carbonyl (C=O) groups excluding carboxylic acids is 2. The molecule has 1 heterocycles. The highest BCUT2D eigenvalue weighted by molar-refractivity contribution is 7.13. The number of amides is 2. The molecule has 0 unspecified atom stereocenters. The van der Waals surface area contributed by atoms with E-state index in [0.717, 1.165) is 17.7 Å². The zero-order valence-electron chi connectivity index (χ0n) is 11.9. The Labute approximate surface area is 131 Å². The van der Waals surface area contributed by atoms with Crippen LogP contribution >= 0.6 is 11.3 Å². The van der Waals surface area contributed by atoms with E-state index >= 15 is 0 Å². The molecular formula is C15H15N3O3S. The first-order chi connectivity index (χ1) is 10.7. The molecule has 0 saturated heterocycles. The van der Waals surface area contributed by atoms with Gasteiger partial charge >= 0.3 is 11.8 Å². The number of hydrogen-bond donors (Lipinski definition) is 2. The number of hydrogen-bond acceptors (Lipinski definition) is 5. The maximum Gasteiger partial charge on any atom is 0.315 e. The van der Waals surface area contributed by atoms with E-state index in [1.165, 1.54) is 11.3 Å². The molecule has 7 heteroatoms. The minimum absolute atomic E-state index is 0.0363. The Morgan fingerprint density at radius 3 is 2.86 bits per heavy atom. The van der Waals surface area contributed by atoms with E-state index in [9.17, 15) is 9.59 Å². The Morgan fingerprint density at radius 2 is 2.14 bits per heavy atom. The minimum atomic E-state index is -0.694. The highest BCUT2D eigenvalue weighted by atomic mass is 32.1. The fourth-order valence-corrected chi connectivity index (χ4v) is 2.87. The van der Waals surface area contributed by atoms with Gasteiger partial charge in [0, 0.05) is 23.5 Å². The first-order valence-corrected chi connectivity index (χ1v) is 7.71. The summed E-state index contributed by atoms with van der Waals surface area (Å²) in [6, 6.07) is 7.67. The Kier molecular flexibility index (Phi) is 4.06. The van der Waals surface area contributed by atoms with Crippen LogP contribution in [-0.2, 0) is 9.59 Å². The van der Waals surface area contributed by atoms with Gasteiger partial charge in [0.1, 0.15) is 5.75 Å². The van der Waals surface area contributed by atoms with Gasteiger partial charge in [0.05, 0.1) is 7.11 Å². The smallest absolute Gasteiger partial charge is 0.315 e. The van der Waals surface area contributed by atoms with Crippen LogP contribution in [0.4, 0.5) is 5.13 Å². The third-order valence-electron chi connectivity index (χ3n) is 3.50. The number of nitrogens with zero attached hydrogens (tertiary/aromatic N) is 1. The van der Waals surface area contributed by atoms with Crippen LogP contribution in [0.1, 0.15) is 17.9 Å². The van der Waals surface area contributed by atoms with E-state index in [0.29, 0.717) is 5.13 Å². The van der Waals surface area contributed by atoms with Crippen molar-refractivity contribution in [1.29, 1.82) is 0 Å². The van der Waals surface area contributed by atoms with Crippen molar-refractivity contribution < 1.29 is 14.3 Å². The number of rotatable bonds is 4. The Bertz CT molecular complexity index is 687. The molecule has 0 aliphatic heterocycles. The second kappa shape index (κ2) is 6.15. The van der Waals surface area contributed by atoms with Gasteiger partial charge in [-0.3, -0.25) is 14.9 Å². The van der Waals surface area contributed by atoms with E-state index < -0.39 is 11.8 Å². The van der Waals surface area contributed by atoms with Crippen molar-refractivity contribution in [3.8, 4) is 5.75 Å². The van der Waals surface area contributed by atoms with Crippen LogP contribution in [0.15, 0.2) is 35.8 Å². The van der Waals surface area contributed by atoms with Crippen molar-refractivity contribution in [1.82, 2.24) is 10.3 Å². The van der Waals surface area contributed by atoms with Crippen molar-refractivity contribution in [3.63, 3.8) is 0 Å². The van der Waals surface area contributed by atoms with Crippen LogP contribution in [-0.4, -0.2) is 29.9 Å². The molecule has 0 spiro atoms. The fourth-order valence-electron chi connectivity index (χ4n) is 2.34. The molecule has 22 heavy (non-hydrogen) atoms. The number of thiazole rings is 1. The first-order valence-electron chi connectivity index (χ1n) is 6.83. The summed E-state index contributed by atoms with van der Waals surface area (Å²) in [7, 11) is 1.62. The maximum atomic E-state index is 11.9. The molecule has 3 rings (SSSR count). The predicted octanol–water partition coefficient (Wildman–Crippen LogP) is 1.76. The third-order valence-corrected chi connectivity index (χ3v) is 4.19. The monoisotopic (exact) mass is 317 g/mol. The number of anilines is 1. The highest BCUT2D eigenvalue weighted by Gasteiger charge is 2.41. The van der Waals surface area contributed by atoms with Gasteiger partial charge in [-0.2, -0.15) is 0 Å². The molecule has 0 radical (unpaired) electrons. The number of methoxy groups -OCH3 is 1. The fraction of sp³-hybridized carbons (Fsp3) is 0.267. The zero-order valence-corrected chi connectivity index (χ0v) is 12.7. The molecule has 1 fully saturated rings. The summed E-state index contributed by atoms with van der Waals surface area (Å²) in [6.45, 7) is 0. The Hall–Kier alpha value is -2.41. The van der Waals surface area contributed by atoms with Gasteiger partial charge in [0.15, 0.2) is 5.13 Å². The van der Waals surface area contributed by atoms with Crippen molar-refractivity contribution in [2.75, 3.05) is 12.4 Å². The third kappa shape index (κ3) is 3.09. The minimum Gasteiger partial charge on any atom is -0.496 e. The normalized spacial score (nSPS) is 19.3. The predicted molar refractivity (Wildman–Crippen MR) is 83.0 cm³/mol. The summed E-state index contributed by atoms with van der Waals surface area (Å²) in [5.74, 6) is -0.345. The molecule has 1 saturated carbocycles. The van der Waals surface area contributed by atoms with E-state index in [1.807, 2.05) is 24.3 Å². The quantitative estimate of drug-likeness (QED) is 0.842. The van der Waals surface area contributed by atoms with Crippen LogP contribution in [0.25, 0.3) is 0 Å². The summed E-state index contributed by atoms with van der Waals surface area (Å²) in [5, 5.41) is 7.34. The lowest BCUT2D eigenvalue weighted by atomic mass is 10.1. The summed E-state index contributed by atoms with van der Waals surface area (Å²) in [4.78, 5) is 27.5. The lowest BCUT2D eigenvalue weighted by molar-refractivity contribution is -0.136. The zero-order chi connectivity index (χ0) is 15.5. The van der Waals surface area contributed by atoms with Crippen molar-refractivity contribution in [3.05, 3.63) is 41.4 Å². The van der Waals surface area contributed by atoms with Crippen LogP contribution < -0.4 is 15.4 Å². The second-order valence-corrected chi connectivity index (χ2v) is 5.85.